The average Bonchev–Trinajstić information content (AvgIpc) is 2.83. The van der Waals surface area contributed by atoms with E-state index >= 15 is 0 Å². The van der Waals surface area contributed by atoms with E-state index in [4.69, 9.17) is 0 Å². The topological polar surface area (TPSA) is 69.7 Å². The number of benzene rings is 1. The van der Waals surface area contributed by atoms with E-state index in [-0.39, 0.29) is 35.9 Å². The first kappa shape index (κ1) is 24.5. The van der Waals surface area contributed by atoms with Crippen molar-refractivity contribution in [3.63, 3.8) is 0 Å². The average molecular weight is 484 g/mol. The summed E-state index contributed by atoms with van der Waals surface area (Å²) in [6.45, 7) is 3.61. The van der Waals surface area contributed by atoms with Gasteiger partial charge in [-0.05, 0) is 62.6 Å². The zero-order valence-corrected chi connectivity index (χ0v) is 20.0. The lowest BCUT2D eigenvalue weighted by molar-refractivity contribution is -0.127. The molecule has 3 aliphatic rings. The predicted octanol–water partition coefficient (Wildman–Crippen LogP) is 3.53. The van der Waals surface area contributed by atoms with Gasteiger partial charge < -0.3 is 10.2 Å². The molecular weight excluding hydrogens is 448 g/mol. The van der Waals surface area contributed by atoms with Crippen LogP contribution in [0.2, 0.25) is 0 Å². The Morgan fingerprint density at radius 3 is 2.21 bits per heavy atom. The summed E-state index contributed by atoms with van der Waals surface area (Å²) in [5, 5.41) is 3.19. The summed E-state index contributed by atoms with van der Waals surface area (Å²) < 4.78 is 53.4. The summed E-state index contributed by atoms with van der Waals surface area (Å²) >= 11 is 0. The fourth-order valence-corrected chi connectivity index (χ4v) is 6.94. The van der Waals surface area contributed by atoms with Crippen molar-refractivity contribution in [2.45, 2.75) is 68.7 Å². The largest absolute Gasteiger partial charge is 0.353 e. The van der Waals surface area contributed by atoms with Crippen LogP contribution in [0.3, 0.4) is 0 Å². The third-order valence-electron chi connectivity index (χ3n) is 7.53. The van der Waals surface area contributed by atoms with Gasteiger partial charge in [0.15, 0.2) is 11.6 Å². The molecule has 0 atom stereocenters. The van der Waals surface area contributed by atoms with Crippen LogP contribution in [-0.2, 0) is 14.8 Å². The minimum Gasteiger partial charge on any atom is -0.353 e. The first-order valence-electron chi connectivity index (χ1n) is 12.3. The monoisotopic (exact) mass is 483 g/mol. The molecule has 2 saturated heterocycles. The highest BCUT2D eigenvalue weighted by Crippen LogP contribution is 2.27. The highest BCUT2D eigenvalue weighted by atomic mass is 32.2. The van der Waals surface area contributed by atoms with Crippen LogP contribution in [0.5, 0.6) is 0 Å². The Hall–Kier alpha value is -1.58. The van der Waals surface area contributed by atoms with E-state index in [1.807, 2.05) is 0 Å². The third kappa shape index (κ3) is 6.11. The summed E-state index contributed by atoms with van der Waals surface area (Å²) in [4.78, 5) is 15.1. The van der Waals surface area contributed by atoms with Crippen LogP contribution in [0.15, 0.2) is 23.1 Å². The second kappa shape index (κ2) is 10.8. The molecule has 1 amide bonds. The molecule has 0 radical (unpaired) electrons. The molecule has 1 aliphatic carbocycles. The van der Waals surface area contributed by atoms with E-state index in [1.165, 1.54) is 43.0 Å². The van der Waals surface area contributed by atoms with Crippen LogP contribution in [0, 0.1) is 23.5 Å². The van der Waals surface area contributed by atoms with Crippen molar-refractivity contribution in [1.82, 2.24) is 14.5 Å². The number of piperidine rings is 2. The first-order valence-corrected chi connectivity index (χ1v) is 13.7. The van der Waals surface area contributed by atoms with Gasteiger partial charge in [-0.1, -0.05) is 19.3 Å². The van der Waals surface area contributed by atoms with Gasteiger partial charge in [0.1, 0.15) is 0 Å². The lowest BCUT2D eigenvalue weighted by Gasteiger charge is -2.36. The smallest absolute Gasteiger partial charge is 0.243 e. The molecule has 2 aliphatic heterocycles. The first-order chi connectivity index (χ1) is 15.8. The van der Waals surface area contributed by atoms with Gasteiger partial charge in [-0.25, -0.2) is 17.2 Å². The summed E-state index contributed by atoms with van der Waals surface area (Å²) in [6, 6.07) is 2.80. The van der Waals surface area contributed by atoms with Crippen LogP contribution in [-0.4, -0.2) is 62.3 Å². The second-order valence-electron chi connectivity index (χ2n) is 9.84. The minimum atomic E-state index is -3.91. The number of amides is 1. The van der Waals surface area contributed by atoms with Crippen molar-refractivity contribution in [3.8, 4) is 0 Å². The zero-order valence-electron chi connectivity index (χ0n) is 19.1. The quantitative estimate of drug-likeness (QED) is 0.672. The van der Waals surface area contributed by atoms with Crippen molar-refractivity contribution < 1.29 is 22.0 Å². The Bertz CT molecular complexity index is 921. The molecule has 2 heterocycles. The Kier molecular flexibility index (Phi) is 8.02. The van der Waals surface area contributed by atoms with Gasteiger partial charge in [-0.2, -0.15) is 4.31 Å². The number of likely N-dealkylation sites (tertiary alicyclic amines) is 1. The lowest BCUT2D eigenvalue weighted by Crippen LogP contribution is -2.49. The van der Waals surface area contributed by atoms with Crippen LogP contribution < -0.4 is 5.32 Å². The lowest BCUT2D eigenvalue weighted by atomic mass is 9.88. The highest BCUT2D eigenvalue weighted by Gasteiger charge is 2.33. The Morgan fingerprint density at radius 1 is 0.909 bits per heavy atom. The molecule has 4 rings (SSSR count). The van der Waals surface area contributed by atoms with Crippen LogP contribution >= 0.6 is 0 Å². The van der Waals surface area contributed by atoms with Crippen molar-refractivity contribution >= 4 is 15.9 Å². The number of rotatable bonds is 6. The van der Waals surface area contributed by atoms with Crippen LogP contribution in [0.1, 0.15) is 57.8 Å². The molecule has 33 heavy (non-hydrogen) atoms. The van der Waals surface area contributed by atoms with Gasteiger partial charge >= 0.3 is 0 Å². The fraction of sp³-hybridized carbons (Fsp3) is 0.708. The van der Waals surface area contributed by atoms with E-state index in [9.17, 15) is 22.0 Å². The maximum absolute atomic E-state index is 13.5. The highest BCUT2D eigenvalue weighted by molar-refractivity contribution is 7.89. The summed E-state index contributed by atoms with van der Waals surface area (Å²) in [5.41, 5.74) is 0. The molecular formula is C24H35F2N3O3S. The van der Waals surface area contributed by atoms with Gasteiger partial charge in [-0.15, -0.1) is 0 Å². The number of nitrogens with one attached hydrogen (secondary N) is 1. The zero-order chi connectivity index (χ0) is 23.4. The van der Waals surface area contributed by atoms with E-state index in [2.05, 4.69) is 10.2 Å². The summed E-state index contributed by atoms with van der Waals surface area (Å²) in [6.07, 6.45) is 9.56. The molecule has 1 aromatic carbocycles. The number of carbonyl (C=O) groups excluding carboxylic acids is 1. The summed E-state index contributed by atoms with van der Waals surface area (Å²) in [5.74, 6) is -1.65. The molecule has 0 spiro atoms. The standard InChI is InChI=1S/C24H35F2N3O3S/c25-22-7-6-21(16-23(22)26)33(31,32)29-14-8-19(9-15-29)24(30)27-20-10-12-28(13-11-20)17-18-4-2-1-3-5-18/h6-7,16,18-20H,1-5,8-15,17H2,(H,27,30). The number of halogens is 2. The van der Waals surface area contributed by atoms with Crippen molar-refractivity contribution in [3.05, 3.63) is 29.8 Å². The summed E-state index contributed by atoms with van der Waals surface area (Å²) in [7, 11) is -3.91. The number of hydrogen-bond donors (Lipinski definition) is 1. The van der Waals surface area contributed by atoms with Gasteiger partial charge in [0.05, 0.1) is 4.90 Å². The number of sulfonamides is 1. The van der Waals surface area contributed by atoms with E-state index < -0.39 is 21.7 Å². The van der Waals surface area contributed by atoms with E-state index in [0.29, 0.717) is 18.9 Å². The SMILES string of the molecule is O=C(NC1CCN(CC2CCCCC2)CC1)C1CCN(S(=O)(=O)c2ccc(F)c(F)c2)CC1. The molecule has 1 saturated carbocycles. The maximum atomic E-state index is 13.5. The van der Waals surface area contributed by atoms with E-state index in [1.54, 1.807) is 0 Å². The Morgan fingerprint density at radius 2 is 1.58 bits per heavy atom. The van der Waals surface area contributed by atoms with Crippen molar-refractivity contribution in [1.29, 1.82) is 0 Å². The van der Waals surface area contributed by atoms with Crippen LogP contribution in [0.25, 0.3) is 0 Å². The van der Waals surface area contributed by atoms with E-state index in [0.717, 1.165) is 44.0 Å². The molecule has 0 unspecified atom stereocenters. The molecule has 0 aromatic heterocycles. The molecule has 0 bridgehead atoms. The van der Waals surface area contributed by atoms with Crippen LogP contribution in [0.4, 0.5) is 8.78 Å². The minimum absolute atomic E-state index is 0.00519. The number of nitrogens with zero attached hydrogens (tertiary/aromatic N) is 2. The van der Waals surface area contributed by atoms with Crippen molar-refractivity contribution in [2.75, 3.05) is 32.7 Å². The normalized spacial score (nSPS) is 23.0. The molecule has 1 aromatic rings. The predicted molar refractivity (Wildman–Crippen MR) is 122 cm³/mol. The van der Waals surface area contributed by atoms with Crippen molar-refractivity contribution in [2.24, 2.45) is 11.8 Å². The fourth-order valence-electron chi connectivity index (χ4n) is 5.46. The Balaban J connectivity index is 1.21. The maximum Gasteiger partial charge on any atom is 0.243 e. The Labute approximate surface area is 195 Å². The molecule has 1 N–H and O–H groups in total. The van der Waals surface area contributed by atoms with Gasteiger partial charge in [0, 0.05) is 44.7 Å². The van der Waals surface area contributed by atoms with Gasteiger partial charge in [-0.3, -0.25) is 4.79 Å². The molecule has 3 fully saturated rings. The third-order valence-corrected chi connectivity index (χ3v) is 9.42. The second-order valence-corrected chi connectivity index (χ2v) is 11.8. The number of carbonyl (C=O) groups is 1. The number of hydrogen-bond acceptors (Lipinski definition) is 4. The molecule has 9 heteroatoms. The van der Waals surface area contributed by atoms with Gasteiger partial charge in [0.25, 0.3) is 0 Å². The van der Waals surface area contributed by atoms with Gasteiger partial charge in [0.2, 0.25) is 15.9 Å². The molecule has 6 nitrogen and oxygen atoms in total. The molecule has 184 valence electrons.